The van der Waals surface area contributed by atoms with Crippen molar-refractivity contribution in [2.45, 2.75) is 12.8 Å². The predicted octanol–water partition coefficient (Wildman–Crippen LogP) is 3.11. The van der Waals surface area contributed by atoms with Gasteiger partial charge in [-0.05, 0) is 36.6 Å². The zero-order valence-electron chi connectivity index (χ0n) is 9.11. The highest BCUT2D eigenvalue weighted by Crippen LogP contribution is 2.31. The predicted molar refractivity (Wildman–Crippen MR) is 66.5 cm³/mol. The summed E-state index contributed by atoms with van der Waals surface area (Å²) in [6, 6.07) is 12.5. The lowest BCUT2D eigenvalue weighted by Gasteiger charge is -2.20. The Hall–Kier alpha value is -1.83. The van der Waals surface area contributed by atoms with Crippen LogP contribution >= 0.6 is 0 Å². The first-order valence-corrected chi connectivity index (χ1v) is 5.72. The summed E-state index contributed by atoms with van der Waals surface area (Å²) in [7, 11) is 0. The van der Waals surface area contributed by atoms with E-state index in [0.717, 1.165) is 18.7 Å². The van der Waals surface area contributed by atoms with Gasteiger partial charge >= 0.3 is 0 Å². The van der Waals surface area contributed by atoms with Crippen LogP contribution in [-0.2, 0) is 6.42 Å². The van der Waals surface area contributed by atoms with Gasteiger partial charge in [-0.2, -0.15) is 0 Å². The van der Waals surface area contributed by atoms with Gasteiger partial charge in [-0.25, -0.2) is 0 Å². The Kier molecular flexibility index (Phi) is 2.33. The van der Waals surface area contributed by atoms with Gasteiger partial charge in [0, 0.05) is 24.0 Å². The molecule has 1 N–H and O–H groups in total. The number of rotatable bonds is 1. The number of aromatic nitrogens is 1. The number of pyridine rings is 1. The smallest absolute Gasteiger partial charge is 0.0705 e. The first-order chi connectivity index (χ1) is 7.95. The van der Waals surface area contributed by atoms with Crippen LogP contribution in [0.5, 0.6) is 0 Å². The first-order valence-electron chi connectivity index (χ1n) is 5.72. The summed E-state index contributed by atoms with van der Waals surface area (Å²) in [5.74, 6) is 0. The lowest BCUT2D eigenvalue weighted by atomic mass is 9.95. The van der Waals surface area contributed by atoms with Gasteiger partial charge in [0.25, 0.3) is 0 Å². The van der Waals surface area contributed by atoms with Crippen LogP contribution in [-0.4, -0.2) is 11.5 Å². The molecule has 0 unspecified atom stereocenters. The fourth-order valence-electron chi connectivity index (χ4n) is 2.27. The van der Waals surface area contributed by atoms with E-state index in [1.54, 1.807) is 0 Å². The fraction of sp³-hybridized carbons (Fsp3) is 0.214. The van der Waals surface area contributed by atoms with Crippen molar-refractivity contribution in [3.63, 3.8) is 0 Å². The Balaban J connectivity index is 2.14. The molecule has 0 fully saturated rings. The summed E-state index contributed by atoms with van der Waals surface area (Å²) in [5.41, 5.74) is 5.02. The summed E-state index contributed by atoms with van der Waals surface area (Å²) in [6.45, 7) is 1.08. The Labute approximate surface area is 95.3 Å². The number of anilines is 1. The maximum Gasteiger partial charge on any atom is 0.0705 e. The van der Waals surface area contributed by atoms with Crippen LogP contribution in [0.4, 0.5) is 5.69 Å². The highest BCUT2D eigenvalue weighted by Gasteiger charge is 2.13. The van der Waals surface area contributed by atoms with E-state index < -0.39 is 0 Å². The van der Waals surface area contributed by atoms with Crippen molar-refractivity contribution in [3.8, 4) is 11.3 Å². The van der Waals surface area contributed by atoms with Crippen molar-refractivity contribution < 1.29 is 0 Å². The van der Waals surface area contributed by atoms with E-state index in [1.165, 1.54) is 23.2 Å². The second-order valence-corrected chi connectivity index (χ2v) is 4.08. The number of nitrogens with one attached hydrogen (secondary N) is 1. The van der Waals surface area contributed by atoms with E-state index in [1.807, 2.05) is 18.3 Å². The number of benzene rings is 1. The van der Waals surface area contributed by atoms with Gasteiger partial charge < -0.3 is 5.32 Å². The number of hydrogen-bond donors (Lipinski definition) is 1. The maximum atomic E-state index is 4.43. The summed E-state index contributed by atoms with van der Waals surface area (Å²) < 4.78 is 0. The van der Waals surface area contributed by atoms with Crippen molar-refractivity contribution in [1.29, 1.82) is 0 Å². The van der Waals surface area contributed by atoms with Gasteiger partial charge in [0.05, 0.1) is 5.69 Å². The zero-order chi connectivity index (χ0) is 10.8. The molecule has 0 saturated carbocycles. The average molecular weight is 210 g/mol. The molecule has 0 amide bonds. The molecular formula is C14H14N2. The van der Waals surface area contributed by atoms with Crippen molar-refractivity contribution in [3.05, 3.63) is 48.2 Å². The normalized spacial score (nSPS) is 14.0. The topological polar surface area (TPSA) is 24.9 Å². The van der Waals surface area contributed by atoms with Crippen molar-refractivity contribution in [2.24, 2.45) is 0 Å². The van der Waals surface area contributed by atoms with Crippen molar-refractivity contribution in [1.82, 2.24) is 4.98 Å². The molecule has 0 bridgehead atoms. The molecule has 0 aliphatic carbocycles. The highest BCUT2D eigenvalue weighted by molar-refractivity contribution is 5.72. The molecule has 2 aromatic rings. The molecule has 2 nitrogen and oxygen atoms in total. The molecular weight excluding hydrogens is 196 g/mol. The zero-order valence-corrected chi connectivity index (χ0v) is 9.11. The Morgan fingerprint density at radius 1 is 1.06 bits per heavy atom. The van der Waals surface area contributed by atoms with Gasteiger partial charge in [0.1, 0.15) is 0 Å². The Morgan fingerprint density at radius 3 is 2.94 bits per heavy atom. The monoisotopic (exact) mass is 210 g/mol. The maximum absolute atomic E-state index is 4.43. The van der Waals surface area contributed by atoms with E-state index >= 15 is 0 Å². The minimum Gasteiger partial charge on any atom is -0.385 e. The van der Waals surface area contributed by atoms with E-state index in [2.05, 4.69) is 34.6 Å². The third-order valence-corrected chi connectivity index (χ3v) is 3.04. The second kappa shape index (κ2) is 3.97. The van der Waals surface area contributed by atoms with Gasteiger partial charge in [0.15, 0.2) is 0 Å². The average Bonchev–Trinajstić information content (AvgIpc) is 2.39. The molecule has 80 valence electrons. The molecule has 3 rings (SSSR count). The number of fused-ring (bicyclic) bond motifs is 1. The van der Waals surface area contributed by atoms with E-state index in [9.17, 15) is 0 Å². The van der Waals surface area contributed by atoms with Gasteiger partial charge in [-0.1, -0.05) is 18.2 Å². The minimum atomic E-state index is 1.07. The summed E-state index contributed by atoms with van der Waals surface area (Å²) in [4.78, 5) is 4.43. The van der Waals surface area contributed by atoms with Crippen LogP contribution < -0.4 is 5.32 Å². The summed E-state index contributed by atoms with van der Waals surface area (Å²) in [6.07, 6.45) is 4.21. The van der Waals surface area contributed by atoms with E-state index in [0.29, 0.717) is 0 Å². The second-order valence-electron chi connectivity index (χ2n) is 4.08. The molecule has 0 saturated heterocycles. The van der Waals surface area contributed by atoms with Crippen LogP contribution in [0.1, 0.15) is 12.0 Å². The van der Waals surface area contributed by atoms with Crippen molar-refractivity contribution >= 4 is 5.69 Å². The fourth-order valence-corrected chi connectivity index (χ4v) is 2.27. The molecule has 0 radical (unpaired) electrons. The lowest BCUT2D eigenvalue weighted by Crippen LogP contribution is -2.12. The van der Waals surface area contributed by atoms with Gasteiger partial charge in [0.2, 0.25) is 0 Å². The van der Waals surface area contributed by atoms with E-state index in [-0.39, 0.29) is 0 Å². The Morgan fingerprint density at radius 2 is 2.06 bits per heavy atom. The van der Waals surface area contributed by atoms with Crippen LogP contribution in [0.15, 0.2) is 42.6 Å². The minimum absolute atomic E-state index is 1.07. The van der Waals surface area contributed by atoms with Crippen LogP contribution in [0.3, 0.4) is 0 Å². The molecule has 1 aromatic carbocycles. The molecule has 1 aliphatic heterocycles. The largest absolute Gasteiger partial charge is 0.385 e. The molecule has 1 aromatic heterocycles. The van der Waals surface area contributed by atoms with Gasteiger partial charge in [-0.15, -0.1) is 0 Å². The summed E-state index contributed by atoms with van der Waals surface area (Å²) in [5, 5.41) is 3.44. The quantitative estimate of drug-likeness (QED) is 0.782. The third-order valence-electron chi connectivity index (χ3n) is 3.04. The standard InChI is InChI=1S/C14H14N2/c1-2-9-15-13(7-1)11-5-3-8-14-12(11)6-4-10-16-14/h1-3,5,7-9,16H,4,6,10H2. The number of nitrogens with zero attached hydrogens (tertiary/aromatic N) is 1. The summed E-state index contributed by atoms with van der Waals surface area (Å²) >= 11 is 0. The molecule has 0 spiro atoms. The molecule has 2 heterocycles. The number of hydrogen-bond acceptors (Lipinski definition) is 2. The van der Waals surface area contributed by atoms with Crippen LogP contribution in [0, 0.1) is 0 Å². The molecule has 2 heteroatoms. The van der Waals surface area contributed by atoms with Crippen LogP contribution in [0.25, 0.3) is 11.3 Å². The molecule has 1 aliphatic rings. The lowest BCUT2D eigenvalue weighted by molar-refractivity contribution is 0.831. The highest BCUT2D eigenvalue weighted by atomic mass is 14.9. The van der Waals surface area contributed by atoms with E-state index in [4.69, 9.17) is 0 Å². The molecule has 16 heavy (non-hydrogen) atoms. The van der Waals surface area contributed by atoms with Crippen molar-refractivity contribution in [2.75, 3.05) is 11.9 Å². The SMILES string of the molecule is c1ccc(-c2cccc3c2CCCN3)nc1. The van der Waals surface area contributed by atoms with Crippen LogP contribution in [0.2, 0.25) is 0 Å². The first kappa shape index (κ1) is 9.40. The third kappa shape index (κ3) is 1.56. The molecule has 0 atom stereocenters. The van der Waals surface area contributed by atoms with Gasteiger partial charge in [-0.3, -0.25) is 4.98 Å². The Bertz CT molecular complexity index is 491.